The predicted molar refractivity (Wildman–Crippen MR) is 132 cm³/mol. The van der Waals surface area contributed by atoms with E-state index in [1.165, 1.54) is 5.69 Å². The van der Waals surface area contributed by atoms with Crippen LogP contribution in [0.15, 0.2) is 48.5 Å². The van der Waals surface area contributed by atoms with Crippen LogP contribution in [0.4, 0.5) is 22.9 Å². The molecule has 8 heteroatoms. The first-order valence-corrected chi connectivity index (χ1v) is 11.3. The highest BCUT2D eigenvalue weighted by molar-refractivity contribution is 5.82. The topological polar surface area (TPSA) is 96.6 Å². The number of aryl methyl sites for hydroxylation is 1. The van der Waals surface area contributed by atoms with Crippen LogP contribution in [0.3, 0.4) is 0 Å². The van der Waals surface area contributed by atoms with Gasteiger partial charge in [-0.3, -0.25) is 4.79 Å². The third-order valence-corrected chi connectivity index (χ3v) is 5.79. The predicted octanol–water partition coefficient (Wildman–Crippen LogP) is 4.11. The van der Waals surface area contributed by atoms with Crippen molar-refractivity contribution in [1.82, 2.24) is 14.9 Å². The van der Waals surface area contributed by atoms with Crippen molar-refractivity contribution in [2.45, 2.75) is 20.3 Å². The minimum absolute atomic E-state index is 0.242. The Kier molecular flexibility index (Phi) is 7.04. The summed E-state index contributed by atoms with van der Waals surface area (Å²) in [5, 5.41) is 3.22. The summed E-state index contributed by atoms with van der Waals surface area (Å²) >= 11 is 0. The number of aldehydes is 1. The average Bonchev–Trinajstić information content (AvgIpc) is 2.85. The van der Waals surface area contributed by atoms with E-state index in [2.05, 4.69) is 44.1 Å². The fourth-order valence-electron chi connectivity index (χ4n) is 3.86. The Balaban J connectivity index is 1.53. The zero-order chi connectivity index (χ0) is 23.2. The summed E-state index contributed by atoms with van der Waals surface area (Å²) in [5.74, 6) is 1.27. The van der Waals surface area contributed by atoms with Gasteiger partial charge in [0.05, 0.1) is 0 Å². The fraction of sp³-hybridized carbons (Fsp3) is 0.320. The van der Waals surface area contributed by atoms with Gasteiger partial charge in [-0.05, 0) is 49.4 Å². The van der Waals surface area contributed by atoms with Gasteiger partial charge in [0.25, 0.3) is 0 Å². The number of piperazine rings is 1. The number of nitrogens with two attached hydrogens (primary N) is 1. The Hall–Kier alpha value is -3.65. The molecule has 33 heavy (non-hydrogen) atoms. The summed E-state index contributed by atoms with van der Waals surface area (Å²) in [7, 11) is 0. The largest absolute Gasteiger partial charge is 0.437 e. The van der Waals surface area contributed by atoms with Gasteiger partial charge in [-0.1, -0.05) is 19.9 Å². The summed E-state index contributed by atoms with van der Waals surface area (Å²) in [6.07, 6.45) is 1.28. The Labute approximate surface area is 194 Å². The number of anilines is 4. The number of ether oxygens (including phenoxy) is 1. The number of carbonyl (C=O) groups is 1. The van der Waals surface area contributed by atoms with E-state index in [0.29, 0.717) is 41.5 Å². The van der Waals surface area contributed by atoms with Crippen LogP contribution in [0.25, 0.3) is 0 Å². The molecule has 0 bridgehead atoms. The highest BCUT2D eigenvalue weighted by atomic mass is 16.5. The van der Waals surface area contributed by atoms with Crippen LogP contribution in [0.2, 0.25) is 0 Å². The summed E-state index contributed by atoms with van der Waals surface area (Å²) in [6, 6.07) is 15.3. The van der Waals surface area contributed by atoms with Gasteiger partial charge in [0.15, 0.2) is 12.1 Å². The van der Waals surface area contributed by atoms with Gasteiger partial charge in [0.2, 0.25) is 5.88 Å². The lowest BCUT2D eigenvalue weighted by Crippen LogP contribution is -2.46. The number of hydrogen-bond acceptors (Lipinski definition) is 8. The third kappa shape index (κ3) is 5.40. The maximum atomic E-state index is 11.7. The molecule has 172 valence electrons. The molecule has 3 N–H and O–H groups in total. The smallest absolute Gasteiger partial charge is 0.243 e. The Bertz CT molecular complexity index is 1090. The SMILES string of the molecule is CCc1nc(C=O)c(Nc2ccc(N3CCN(CC)CC3)cc2)nc1Oc1cccc(N)c1. The first-order chi connectivity index (χ1) is 16.1. The molecule has 0 unspecified atom stereocenters. The first-order valence-electron chi connectivity index (χ1n) is 11.3. The van der Waals surface area contributed by atoms with Crippen LogP contribution in [0, 0.1) is 0 Å². The molecule has 2 aromatic carbocycles. The van der Waals surface area contributed by atoms with Crippen LogP contribution < -0.4 is 20.7 Å². The van der Waals surface area contributed by atoms with Crippen molar-refractivity contribution in [3.8, 4) is 11.6 Å². The van der Waals surface area contributed by atoms with Crippen molar-refractivity contribution in [2.75, 3.05) is 48.7 Å². The quantitative estimate of drug-likeness (QED) is 0.394. The van der Waals surface area contributed by atoms with E-state index in [1.807, 2.05) is 25.1 Å². The molecule has 2 heterocycles. The second-order valence-corrected chi connectivity index (χ2v) is 7.95. The molecule has 0 atom stereocenters. The van der Waals surface area contributed by atoms with Crippen LogP contribution in [-0.2, 0) is 6.42 Å². The van der Waals surface area contributed by atoms with E-state index in [9.17, 15) is 4.79 Å². The molecule has 1 saturated heterocycles. The van der Waals surface area contributed by atoms with E-state index >= 15 is 0 Å². The monoisotopic (exact) mass is 446 g/mol. The maximum absolute atomic E-state index is 11.7. The van der Waals surface area contributed by atoms with Gasteiger partial charge in [-0.25, -0.2) is 4.98 Å². The number of likely N-dealkylation sites (N-methyl/N-ethyl adjacent to an activating group) is 1. The van der Waals surface area contributed by atoms with E-state index in [1.54, 1.807) is 18.2 Å². The molecule has 3 aromatic rings. The van der Waals surface area contributed by atoms with Crippen molar-refractivity contribution in [2.24, 2.45) is 0 Å². The maximum Gasteiger partial charge on any atom is 0.243 e. The van der Waals surface area contributed by atoms with Crippen molar-refractivity contribution in [1.29, 1.82) is 0 Å². The number of nitrogens with zero attached hydrogens (tertiary/aromatic N) is 4. The van der Waals surface area contributed by atoms with Gasteiger partial charge >= 0.3 is 0 Å². The summed E-state index contributed by atoms with van der Waals surface area (Å²) < 4.78 is 5.96. The van der Waals surface area contributed by atoms with Crippen molar-refractivity contribution in [3.63, 3.8) is 0 Å². The number of hydrogen-bond donors (Lipinski definition) is 2. The highest BCUT2D eigenvalue weighted by Crippen LogP contribution is 2.28. The Morgan fingerprint density at radius 1 is 1.06 bits per heavy atom. The molecule has 4 rings (SSSR count). The molecule has 0 saturated carbocycles. The summed E-state index contributed by atoms with van der Waals surface area (Å²) in [6.45, 7) is 9.43. The number of rotatable bonds is 8. The number of aromatic nitrogens is 2. The molecule has 1 aromatic heterocycles. The van der Waals surface area contributed by atoms with Gasteiger partial charge in [0, 0.05) is 49.3 Å². The summed E-state index contributed by atoms with van der Waals surface area (Å²) in [5.41, 5.74) is 9.31. The zero-order valence-corrected chi connectivity index (χ0v) is 19.1. The molecule has 0 amide bonds. The van der Waals surface area contributed by atoms with E-state index < -0.39 is 0 Å². The normalized spacial score (nSPS) is 14.2. The van der Waals surface area contributed by atoms with Crippen LogP contribution in [-0.4, -0.2) is 53.9 Å². The van der Waals surface area contributed by atoms with Gasteiger partial charge in [0.1, 0.15) is 17.1 Å². The van der Waals surface area contributed by atoms with Crippen LogP contribution in [0.5, 0.6) is 11.6 Å². The zero-order valence-electron chi connectivity index (χ0n) is 19.1. The highest BCUT2D eigenvalue weighted by Gasteiger charge is 2.17. The molecule has 1 fully saturated rings. The first kappa shape index (κ1) is 22.5. The fourth-order valence-corrected chi connectivity index (χ4v) is 3.86. The van der Waals surface area contributed by atoms with E-state index in [0.717, 1.165) is 38.4 Å². The number of nitrogen functional groups attached to an aromatic ring is 1. The molecule has 1 aliphatic rings. The third-order valence-electron chi connectivity index (χ3n) is 5.79. The molecule has 0 radical (unpaired) electrons. The standard InChI is InChI=1S/C25H30N6O2/c1-3-22-25(33-21-7-5-6-18(26)16-21)29-24(23(17-32)28-22)27-19-8-10-20(11-9-19)31-14-12-30(4-2)13-15-31/h5-11,16-17H,3-4,12-15,26H2,1-2H3,(H,27,29). The number of nitrogens with one attached hydrogen (secondary N) is 1. The molecular weight excluding hydrogens is 416 g/mol. The van der Waals surface area contributed by atoms with Gasteiger partial charge < -0.3 is 25.6 Å². The Morgan fingerprint density at radius 3 is 2.45 bits per heavy atom. The van der Waals surface area contributed by atoms with Crippen molar-refractivity contribution >= 4 is 29.2 Å². The second-order valence-electron chi connectivity index (χ2n) is 7.95. The molecule has 8 nitrogen and oxygen atoms in total. The second kappa shape index (κ2) is 10.3. The molecule has 1 aliphatic heterocycles. The van der Waals surface area contributed by atoms with Gasteiger partial charge in [-0.15, -0.1) is 0 Å². The minimum Gasteiger partial charge on any atom is -0.437 e. The number of benzene rings is 2. The molecule has 0 spiro atoms. The molecule has 0 aliphatic carbocycles. The van der Waals surface area contributed by atoms with Gasteiger partial charge in [-0.2, -0.15) is 4.98 Å². The van der Waals surface area contributed by atoms with Crippen LogP contribution >= 0.6 is 0 Å². The summed E-state index contributed by atoms with van der Waals surface area (Å²) in [4.78, 5) is 25.6. The average molecular weight is 447 g/mol. The Morgan fingerprint density at radius 2 is 1.82 bits per heavy atom. The van der Waals surface area contributed by atoms with E-state index in [4.69, 9.17) is 10.5 Å². The van der Waals surface area contributed by atoms with Crippen molar-refractivity contribution < 1.29 is 9.53 Å². The van der Waals surface area contributed by atoms with Crippen LogP contribution in [0.1, 0.15) is 30.0 Å². The lowest BCUT2D eigenvalue weighted by Gasteiger charge is -2.35. The lowest BCUT2D eigenvalue weighted by atomic mass is 10.2. The lowest BCUT2D eigenvalue weighted by molar-refractivity contribution is 0.111. The minimum atomic E-state index is 0.242. The molecular formula is C25H30N6O2. The van der Waals surface area contributed by atoms with E-state index in [-0.39, 0.29) is 5.69 Å². The number of carbonyl (C=O) groups excluding carboxylic acids is 1. The van der Waals surface area contributed by atoms with Crippen molar-refractivity contribution in [3.05, 3.63) is 59.9 Å².